The molecule has 0 saturated carbocycles. The number of benzene rings is 2. The number of nitro groups is 1. The van der Waals surface area contributed by atoms with Gasteiger partial charge in [-0.1, -0.05) is 24.3 Å². The summed E-state index contributed by atoms with van der Waals surface area (Å²) in [5.74, 6) is -1.21. The molecular formula is C17H17NO5. The molecule has 0 saturated heterocycles. The first-order valence-electron chi connectivity index (χ1n) is 7.03. The number of hydrogen-bond acceptors (Lipinski definition) is 4. The van der Waals surface area contributed by atoms with Gasteiger partial charge in [0, 0.05) is 11.6 Å². The average molecular weight is 315 g/mol. The second kappa shape index (κ2) is 6.91. The predicted molar refractivity (Wildman–Crippen MR) is 84.9 cm³/mol. The van der Waals surface area contributed by atoms with E-state index in [1.165, 1.54) is 13.2 Å². The standard InChI is InChI=1S/C17H17NO5/c1-11-6-7-12(9-16(11)18(21)22)8-15(17(19)20)13-4-3-5-14(10-13)23-2/h3-7,9-10,15H,8H2,1-2H3,(H,19,20). The molecule has 0 spiro atoms. The third kappa shape index (κ3) is 3.85. The molecule has 120 valence electrons. The summed E-state index contributed by atoms with van der Waals surface area (Å²) < 4.78 is 5.12. The van der Waals surface area contributed by atoms with E-state index in [2.05, 4.69) is 0 Å². The maximum atomic E-state index is 11.6. The lowest BCUT2D eigenvalue weighted by atomic mass is 9.91. The molecule has 6 heteroatoms. The first-order chi connectivity index (χ1) is 10.9. The Labute approximate surface area is 133 Å². The van der Waals surface area contributed by atoms with Crippen LogP contribution in [0.5, 0.6) is 5.75 Å². The van der Waals surface area contributed by atoms with Crippen LogP contribution in [0, 0.1) is 17.0 Å². The highest BCUT2D eigenvalue weighted by Gasteiger charge is 2.22. The fraction of sp³-hybridized carbons (Fsp3) is 0.235. The molecule has 23 heavy (non-hydrogen) atoms. The van der Waals surface area contributed by atoms with Crippen LogP contribution in [-0.4, -0.2) is 23.1 Å². The summed E-state index contributed by atoms with van der Waals surface area (Å²) in [6.45, 7) is 1.65. The van der Waals surface area contributed by atoms with E-state index < -0.39 is 16.8 Å². The van der Waals surface area contributed by atoms with Crippen LogP contribution in [0.4, 0.5) is 5.69 Å². The van der Waals surface area contributed by atoms with Crippen molar-refractivity contribution >= 4 is 11.7 Å². The van der Waals surface area contributed by atoms with E-state index in [0.29, 0.717) is 22.4 Å². The van der Waals surface area contributed by atoms with E-state index in [-0.39, 0.29) is 12.1 Å². The first-order valence-corrected chi connectivity index (χ1v) is 7.03. The van der Waals surface area contributed by atoms with Crippen molar-refractivity contribution < 1.29 is 19.6 Å². The summed E-state index contributed by atoms with van der Waals surface area (Å²) in [6, 6.07) is 11.6. The summed E-state index contributed by atoms with van der Waals surface area (Å²) >= 11 is 0. The monoisotopic (exact) mass is 315 g/mol. The van der Waals surface area contributed by atoms with E-state index in [4.69, 9.17) is 4.74 Å². The Morgan fingerprint density at radius 2 is 2.04 bits per heavy atom. The van der Waals surface area contributed by atoms with Gasteiger partial charge in [-0.05, 0) is 36.6 Å². The molecule has 1 atom stereocenters. The van der Waals surface area contributed by atoms with Gasteiger partial charge in [0.15, 0.2) is 0 Å². The third-order valence-corrected chi connectivity index (χ3v) is 3.70. The Hall–Kier alpha value is -2.89. The minimum atomic E-state index is -0.985. The lowest BCUT2D eigenvalue weighted by Gasteiger charge is -2.14. The van der Waals surface area contributed by atoms with Crippen molar-refractivity contribution in [2.24, 2.45) is 0 Å². The van der Waals surface area contributed by atoms with E-state index >= 15 is 0 Å². The molecule has 0 radical (unpaired) electrons. The van der Waals surface area contributed by atoms with Crippen LogP contribution >= 0.6 is 0 Å². The van der Waals surface area contributed by atoms with E-state index in [9.17, 15) is 20.0 Å². The van der Waals surface area contributed by atoms with Crippen LogP contribution in [0.3, 0.4) is 0 Å². The Bertz CT molecular complexity index is 742. The van der Waals surface area contributed by atoms with Crippen molar-refractivity contribution in [2.75, 3.05) is 7.11 Å². The van der Waals surface area contributed by atoms with E-state index in [0.717, 1.165) is 0 Å². The number of aryl methyl sites for hydroxylation is 1. The maximum absolute atomic E-state index is 11.6. The molecule has 0 aliphatic rings. The topological polar surface area (TPSA) is 89.7 Å². The number of nitrogens with zero attached hydrogens (tertiary/aromatic N) is 1. The van der Waals surface area contributed by atoms with Crippen molar-refractivity contribution in [1.82, 2.24) is 0 Å². The highest BCUT2D eigenvalue weighted by Crippen LogP contribution is 2.27. The van der Waals surface area contributed by atoms with Crippen molar-refractivity contribution in [3.8, 4) is 5.75 Å². The molecular weight excluding hydrogens is 298 g/mol. The van der Waals surface area contributed by atoms with Crippen molar-refractivity contribution in [2.45, 2.75) is 19.3 Å². The zero-order valence-electron chi connectivity index (χ0n) is 12.9. The summed E-state index contributed by atoms with van der Waals surface area (Å²) in [7, 11) is 1.51. The Morgan fingerprint density at radius 3 is 2.65 bits per heavy atom. The minimum absolute atomic E-state index is 0.00252. The van der Waals surface area contributed by atoms with Crippen LogP contribution < -0.4 is 4.74 Å². The number of carbonyl (C=O) groups is 1. The highest BCUT2D eigenvalue weighted by molar-refractivity contribution is 5.76. The lowest BCUT2D eigenvalue weighted by Crippen LogP contribution is -2.14. The smallest absolute Gasteiger partial charge is 0.311 e. The summed E-state index contributed by atoms with van der Waals surface area (Å²) in [6.07, 6.45) is 0.170. The maximum Gasteiger partial charge on any atom is 0.311 e. The number of aliphatic carboxylic acids is 1. The van der Waals surface area contributed by atoms with Gasteiger partial charge in [-0.15, -0.1) is 0 Å². The summed E-state index contributed by atoms with van der Waals surface area (Å²) in [5.41, 5.74) is 1.75. The molecule has 2 rings (SSSR count). The molecule has 0 amide bonds. The van der Waals surface area contributed by atoms with Gasteiger partial charge in [-0.2, -0.15) is 0 Å². The minimum Gasteiger partial charge on any atom is -0.497 e. The molecule has 0 fully saturated rings. The highest BCUT2D eigenvalue weighted by atomic mass is 16.6. The van der Waals surface area contributed by atoms with Gasteiger partial charge in [-0.25, -0.2) is 0 Å². The van der Waals surface area contributed by atoms with Crippen LogP contribution in [-0.2, 0) is 11.2 Å². The van der Waals surface area contributed by atoms with Crippen LogP contribution in [0.25, 0.3) is 0 Å². The molecule has 2 aromatic carbocycles. The van der Waals surface area contributed by atoms with Crippen molar-refractivity contribution in [3.05, 3.63) is 69.3 Å². The van der Waals surface area contributed by atoms with E-state index in [1.54, 1.807) is 43.3 Å². The Morgan fingerprint density at radius 1 is 1.30 bits per heavy atom. The molecule has 2 aromatic rings. The fourth-order valence-corrected chi connectivity index (χ4v) is 2.42. The number of carboxylic acids is 1. The molecule has 6 nitrogen and oxygen atoms in total. The molecule has 0 bridgehead atoms. The normalized spacial score (nSPS) is 11.7. The van der Waals surface area contributed by atoms with Gasteiger partial charge in [0.2, 0.25) is 0 Å². The number of carboxylic acid groups (broad SMARTS) is 1. The predicted octanol–water partition coefficient (Wildman–Crippen LogP) is 3.32. The second-order valence-corrected chi connectivity index (χ2v) is 5.25. The van der Waals surface area contributed by atoms with Crippen LogP contribution in [0.15, 0.2) is 42.5 Å². The number of rotatable bonds is 6. The van der Waals surface area contributed by atoms with Crippen LogP contribution in [0.2, 0.25) is 0 Å². The lowest BCUT2D eigenvalue weighted by molar-refractivity contribution is -0.385. The SMILES string of the molecule is COc1cccc(C(Cc2ccc(C)c([N+](=O)[O-])c2)C(=O)O)c1. The van der Waals surface area contributed by atoms with Crippen molar-refractivity contribution in [1.29, 1.82) is 0 Å². The number of hydrogen-bond donors (Lipinski definition) is 1. The summed E-state index contributed by atoms with van der Waals surface area (Å²) in [4.78, 5) is 22.2. The third-order valence-electron chi connectivity index (χ3n) is 3.70. The number of nitro benzene ring substituents is 1. The first kappa shape index (κ1) is 16.5. The van der Waals surface area contributed by atoms with Gasteiger partial charge in [-0.3, -0.25) is 14.9 Å². The molecule has 1 unspecified atom stereocenters. The Balaban J connectivity index is 2.35. The van der Waals surface area contributed by atoms with Gasteiger partial charge in [0.25, 0.3) is 5.69 Å². The summed E-state index contributed by atoms with van der Waals surface area (Å²) in [5, 5.41) is 20.5. The largest absolute Gasteiger partial charge is 0.497 e. The van der Waals surface area contributed by atoms with Gasteiger partial charge < -0.3 is 9.84 Å². The molecule has 0 aliphatic heterocycles. The Kier molecular flexibility index (Phi) is 4.95. The molecule has 0 heterocycles. The zero-order chi connectivity index (χ0) is 17.0. The zero-order valence-corrected chi connectivity index (χ0v) is 12.9. The average Bonchev–Trinajstić information content (AvgIpc) is 2.53. The number of methoxy groups -OCH3 is 1. The van der Waals surface area contributed by atoms with Crippen LogP contribution in [0.1, 0.15) is 22.6 Å². The molecule has 0 aliphatic carbocycles. The fourth-order valence-electron chi connectivity index (χ4n) is 2.42. The quantitative estimate of drug-likeness (QED) is 0.652. The van der Waals surface area contributed by atoms with Gasteiger partial charge in [0.05, 0.1) is 18.0 Å². The molecule has 1 N–H and O–H groups in total. The van der Waals surface area contributed by atoms with E-state index in [1.807, 2.05) is 0 Å². The number of ether oxygens (including phenoxy) is 1. The second-order valence-electron chi connectivity index (χ2n) is 5.25. The van der Waals surface area contributed by atoms with Crippen molar-refractivity contribution in [3.63, 3.8) is 0 Å². The molecule has 0 aromatic heterocycles. The van der Waals surface area contributed by atoms with Gasteiger partial charge in [0.1, 0.15) is 5.75 Å². The van der Waals surface area contributed by atoms with Gasteiger partial charge >= 0.3 is 5.97 Å².